The average molecular weight is 280 g/mol. The molecule has 0 radical (unpaired) electrons. The van der Waals surface area contributed by atoms with Gasteiger partial charge in [0.05, 0.1) is 0 Å². The second-order valence-corrected chi connectivity index (χ2v) is 6.74. The fourth-order valence-electron chi connectivity index (χ4n) is 3.71. The lowest BCUT2D eigenvalue weighted by Crippen LogP contribution is -2.48. The summed E-state index contributed by atoms with van der Waals surface area (Å²) in [5.41, 5.74) is 1.31. The first-order valence-corrected chi connectivity index (χ1v) is 7.59. The molecule has 104 valence electrons. The van der Waals surface area contributed by atoms with Gasteiger partial charge in [0.2, 0.25) is 0 Å². The van der Waals surface area contributed by atoms with Crippen LogP contribution in [-0.2, 0) is 6.42 Å². The van der Waals surface area contributed by atoms with E-state index in [4.69, 9.17) is 16.3 Å². The van der Waals surface area contributed by atoms with Crippen LogP contribution in [0.3, 0.4) is 0 Å². The monoisotopic (exact) mass is 279 g/mol. The Kier molecular flexibility index (Phi) is 3.48. The predicted octanol–water partition coefficient (Wildman–Crippen LogP) is 3.77. The van der Waals surface area contributed by atoms with Gasteiger partial charge in [-0.25, -0.2) is 0 Å². The van der Waals surface area contributed by atoms with E-state index in [1.54, 1.807) is 0 Å². The summed E-state index contributed by atoms with van der Waals surface area (Å²) in [6.45, 7) is 1.11. The van der Waals surface area contributed by atoms with Crippen molar-refractivity contribution in [1.29, 1.82) is 0 Å². The minimum atomic E-state index is 0.0233. The van der Waals surface area contributed by atoms with Crippen LogP contribution >= 0.6 is 11.6 Å². The minimum Gasteiger partial charge on any atom is -0.486 e. The zero-order valence-electron chi connectivity index (χ0n) is 11.8. The summed E-state index contributed by atoms with van der Waals surface area (Å²) in [7, 11) is 4.31. The molecule has 2 atom stereocenters. The molecule has 19 heavy (non-hydrogen) atoms. The highest BCUT2D eigenvalue weighted by Gasteiger charge is 2.47. The van der Waals surface area contributed by atoms with Gasteiger partial charge in [-0.15, -0.1) is 0 Å². The van der Waals surface area contributed by atoms with Crippen molar-refractivity contribution in [2.75, 3.05) is 20.6 Å². The first-order valence-electron chi connectivity index (χ1n) is 7.21. The van der Waals surface area contributed by atoms with Gasteiger partial charge in [0.15, 0.2) is 0 Å². The van der Waals surface area contributed by atoms with Crippen molar-refractivity contribution in [2.45, 2.75) is 37.7 Å². The number of hydrogen-bond donors (Lipinski definition) is 0. The molecule has 0 aromatic heterocycles. The maximum Gasteiger partial charge on any atom is 0.123 e. The van der Waals surface area contributed by atoms with E-state index in [0.717, 1.165) is 23.7 Å². The minimum absolute atomic E-state index is 0.0233. The molecule has 2 aliphatic rings. The molecule has 0 unspecified atom stereocenters. The highest BCUT2D eigenvalue weighted by atomic mass is 35.5. The molecule has 2 nitrogen and oxygen atoms in total. The summed E-state index contributed by atoms with van der Waals surface area (Å²) >= 11 is 6.11. The lowest BCUT2D eigenvalue weighted by molar-refractivity contribution is -0.0150. The maximum atomic E-state index is 6.42. The van der Waals surface area contributed by atoms with Gasteiger partial charge in [-0.3, -0.25) is 0 Å². The molecule has 0 saturated heterocycles. The van der Waals surface area contributed by atoms with Crippen molar-refractivity contribution < 1.29 is 4.74 Å². The number of fused-ring (bicyclic) bond motifs is 1. The van der Waals surface area contributed by atoms with Crippen molar-refractivity contribution in [3.8, 4) is 5.75 Å². The number of benzene rings is 1. The first kappa shape index (κ1) is 13.3. The molecule has 0 amide bonds. The third-order valence-corrected chi connectivity index (χ3v) is 4.79. The number of hydrogen-bond acceptors (Lipinski definition) is 2. The molecular weight excluding hydrogens is 258 g/mol. The summed E-state index contributed by atoms with van der Waals surface area (Å²) < 4.78 is 6.42. The number of nitrogens with zero attached hydrogens (tertiary/aromatic N) is 1. The summed E-state index contributed by atoms with van der Waals surface area (Å²) in [6.07, 6.45) is 6.10. The zero-order valence-corrected chi connectivity index (χ0v) is 12.5. The lowest BCUT2D eigenvalue weighted by atomic mass is 9.73. The topological polar surface area (TPSA) is 12.5 Å². The Hall–Kier alpha value is -0.730. The van der Waals surface area contributed by atoms with Gasteiger partial charge >= 0.3 is 0 Å². The first-order chi connectivity index (χ1) is 9.09. The Morgan fingerprint density at radius 2 is 2.21 bits per heavy atom. The Balaban J connectivity index is 1.87. The molecule has 1 aliphatic heterocycles. The highest BCUT2D eigenvalue weighted by molar-refractivity contribution is 6.30. The van der Waals surface area contributed by atoms with Crippen LogP contribution in [0.15, 0.2) is 18.2 Å². The third kappa shape index (κ3) is 2.48. The highest BCUT2D eigenvalue weighted by Crippen LogP contribution is 2.47. The van der Waals surface area contributed by atoms with Gasteiger partial charge in [-0.2, -0.15) is 0 Å². The average Bonchev–Trinajstić information content (AvgIpc) is 2.70. The molecule has 1 spiro atoms. The summed E-state index contributed by atoms with van der Waals surface area (Å²) in [6, 6.07) is 6.05. The Bertz CT molecular complexity index is 474. The standard InChI is InChI=1S/C16H22ClNO/c1-18(2)11-13-5-3-4-8-16(13)10-12-9-14(17)6-7-15(12)19-16/h6-7,9,13H,3-5,8,10-11H2,1-2H3/t13-,16-/m0/s1. The summed E-state index contributed by atoms with van der Waals surface area (Å²) in [5, 5.41) is 0.819. The quantitative estimate of drug-likeness (QED) is 0.817. The van der Waals surface area contributed by atoms with E-state index in [0.29, 0.717) is 5.92 Å². The van der Waals surface area contributed by atoms with Gasteiger partial charge in [0.25, 0.3) is 0 Å². The Labute approximate surface area is 120 Å². The summed E-state index contributed by atoms with van der Waals surface area (Å²) in [4.78, 5) is 2.29. The molecule has 3 rings (SSSR count). The number of rotatable bonds is 2. The predicted molar refractivity (Wildman–Crippen MR) is 79.0 cm³/mol. The second kappa shape index (κ2) is 4.99. The van der Waals surface area contributed by atoms with Gasteiger partial charge in [0, 0.05) is 23.9 Å². The van der Waals surface area contributed by atoms with Crippen LogP contribution in [0.25, 0.3) is 0 Å². The summed E-state index contributed by atoms with van der Waals surface area (Å²) in [5.74, 6) is 1.68. The molecule has 3 heteroatoms. The molecule has 1 aromatic carbocycles. The fourth-order valence-corrected chi connectivity index (χ4v) is 3.91. The Morgan fingerprint density at radius 1 is 1.37 bits per heavy atom. The van der Waals surface area contributed by atoms with Crippen LogP contribution in [0.2, 0.25) is 5.02 Å². The van der Waals surface area contributed by atoms with Gasteiger partial charge < -0.3 is 9.64 Å². The van der Waals surface area contributed by atoms with Crippen molar-refractivity contribution in [1.82, 2.24) is 4.90 Å². The molecule has 1 fully saturated rings. The smallest absolute Gasteiger partial charge is 0.123 e. The van der Waals surface area contributed by atoms with Crippen LogP contribution in [0.4, 0.5) is 0 Å². The normalized spacial score (nSPS) is 29.6. The molecule has 1 saturated carbocycles. The van der Waals surface area contributed by atoms with Crippen LogP contribution in [0, 0.1) is 5.92 Å². The van der Waals surface area contributed by atoms with E-state index in [1.165, 1.54) is 31.2 Å². The largest absolute Gasteiger partial charge is 0.486 e. The molecule has 1 aliphatic carbocycles. The third-order valence-electron chi connectivity index (χ3n) is 4.56. The van der Waals surface area contributed by atoms with Crippen LogP contribution in [-0.4, -0.2) is 31.1 Å². The lowest BCUT2D eigenvalue weighted by Gasteiger charge is -2.41. The number of halogens is 1. The molecule has 0 N–H and O–H groups in total. The van der Waals surface area contributed by atoms with Crippen molar-refractivity contribution in [2.24, 2.45) is 5.92 Å². The van der Waals surface area contributed by atoms with E-state index in [9.17, 15) is 0 Å². The van der Waals surface area contributed by atoms with Crippen molar-refractivity contribution >= 4 is 11.6 Å². The number of ether oxygens (including phenoxy) is 1. The molecule has 0 bridgehead atoms. The van der Waals surface area contributed by atoms with E-state index in [1.807, 2.05) is 12.1 Å². The fraction of sp³-hybridized carbons (Fsp3) is 0.625. The maximum absolute atomic E-state index is 6.42. The van der Waals surface area contributed by atoms with E-state index >= 15 is 0 Å². The van der Waals surface area contributed by atoms with Gasteiger partial charge in [0.1, 0.15) is 11.4 Å². The molecule has 1 aromatic rings. The molecular formula is C16H22ClNO. The van der Waals surface area contributed by atoms with Crippen LogP contribution in [0.5, 0.6) is 5.75 Å². The van der Waals surface area contributed by atoms with Crippen molar-refractivity contribution in [3.63, 3.8) is 0 Å². The van der Waals surface area contributed by atoms with E-state index in [2.05, 4.69) is 25.1 Å². The van der Waals surface area contributed by atoms with Gasteiger partial charge in [-0.1, -0.05) is 18.0 Å². The SMILES string of the molecule is CN(C)C[C@@H]1CCCC[C@]12Cc1cc(Cl)ccc1O2. The van der Waals surface area contributed by atoms with Gasteiger partial charge in [-0.05, 0) is 57.1 Å². The van der Waals surface area contributed by atoms with Crippen molar-refractivity contribution in [3.05, 3.63) is 28.8 Å². The molecule has 1 heterocycles. The Morgan fingerprint density at radius 3 is 3.00 bits per heavy atom. The van der Waals surface area contributed by atoms with Crippen LogP contribution in [0.1, 0.15) is 31.2 Å². The second-order valence-electron chi connectivity index (χ2n) is 6.30. The van der Waals surface area contributed by atoms with Crippen LogP contribution < -0.4 is 4.74 Å². The van der Waals surface area contributed by atoms with E-state index < -0.39 is 0 Å². The van der Waals surface area contributed by atoms with E-state index in [-0.39, 0.29) is 5.60 Å². The zero-order chi connectivity index (χ0) is 13.5.